The van der Waals surface area contributed by atoms with Crippen molar-refractivity contribution in [2.45, 2.75) is 25.2 Å². The second-order valence-electron chi connectivity index (χ2n) is 11.1. The zero-order valence-electron chi connectivity index (χ0n) is 23.0. The van der Waals surface area contributed by atoms with E-state index in [1.807, 2.05) is 42.1 Å². The number of rotatable bonds is 6. The number of likely N-dealkylation sites (N-methyl/N-ethyl adjacent to an activating group) is 2. The number of hydrogen-bond acceptors (Lipinski definition) is 6. The van der Waals surface area contributed by atoms with Crippen LogP contribution in [0.5, 0.6) is 5.75 Å². The van der Waals surface area contributed by atoms with Gasteiger partial charge in [-0.15, -0.1) is 0 Å². The van der Waals surface area contributed by atoms with E-state index in [-0.39, 0.29) is 5.91 Å². The molecule has 0 saturated carbocycles. The Morgan fingerprint density at radius 1 is 0.923 bits per heavy atom. The van der Waals surface area contributed by atoms with Crippen LogP contribution in [0.3, 0.4) is 0 Å². The number of Topliss-reactive ketones (excluding diaryl/α,β-unsaturated/α-hetero) is 1. The fraction of sp³-hybridized carbons (Fsp3) is 0.500. The first-order valence-corrected chi connectivity index (χ1v) is 14.1. The number of piperidine rings is 1. The molecular weight excluding hydrogens is 516 g/mol. The van der Waals surface area contributed by atoms with Crippen molar-refractivity contribution >= 4 is 34.9 Å². The van der Waals surface area contributed by atoms with Crippen molar-refractivity contribution in [1.29, 1.82) is 0 Å². The predicted octanol–water partition coefficient (Wildman–Crippen LogP) is 3.32. The average Bonchev–Trinajstić information content (AvgIpc) is 3.28. The number of carbonyl (C=O) groups excluding carboxylic acids is 3. The summed E-state index contributed by atoms with van der Waals surface area (Å²) in [4.78, 5) is 47.9. The minimum absolute atomic E-state index is 0.0919. The number of methoxy groups -OCH3 is 1. The Balaban J connectivity index is 1.30. The van der Waals surface area contributed by atoms with Crippen LogP contribution in [0.1, 0.15) is 40.2 Å². The fourth-order valence-corrected chi connectivity index (χ4v) is 6.13. The van der Waals surface area contributed by atoms with Gasteiger partial charge in [-0.3, -0.25) is 14.4 Å². The third-order valence-electron chi connectivity index (χ3n) is 8.48. The van der Waals surface area contributed by atoms with Gasteiger partial charge in [-0.25, -0.2) is 0 Å². The summed E-state index contributed by atoms with van der Waals surface area (Å²) in [6.45, 7) is 4.36. The van der Waals surface area contributed by atoms with E-state index in [4.69, 9.17) is 16.3 Å². The van der Waals surface area contributed by atoms with Gasteiger partial charge >= 0.3 is 0 Å². The lowest BCUT2D eigenvalue weighted by Gasteiger charge is -2.33. The van der Waals surface area contributed by atoms with Crippen molar-refractivity contribution in [3.63, 3.8) is 0 Å². The zero-order valence-corrected chi connectivity index (χ0v) is 23.7. The van der Waals surface area contributed by atoms with Gasteiger partial charge in [-0.05, 0) is 61.6 Å². The molecule has 2 amide bonds. The third kappa shape index (κ3) is 5.77. The van der Waals surface area contributed by atoms with Gasteiger partial charge in [0.05, 0.1) is 18.6 Å². The van der Waals surface area contributed by atoms with Crippen molar-refractivity contribution in [1.82, 2.24) is 14.7 Å². The zero-order chi connectivity index (χ0) is 27.7. The van der Waals surface area contributed by atoms with Gasteiger partial charge in [0, 0.05) is 69.6 Å². The van der Waals surface area contributed by atoms with Crippen molar-refractivity contribution in [2.75, 3.05) is 71.9 Å². The topological polar surface area (TPSA) is 73.4 Å². The first-order chi connectivity index (χ1) is 18.7. The van der Waals surface area contributed by atoms with E-state index in [1.54, 1.807) is 18.1 Å². The van der Waals surface area contributed by atoms with Crippen LogP contribution in [-0.4, -0.2) is 99.3 Å². The lowest BCUT2D eigenvalue weighted by atomic mass is 9.89. The summed E-state index contributed by atoms with van der Waals surface area (Å²) >= 11 is 6.02. The van der Waals surface area contributed by atoms with Gasteiger partial charge in [-0.2, -0.15) is 0 Å². The summed E-state index contributed by atoms with van der Waals surface area (Å²) in [5.74, 6) is -0.524. The van der Waals surface area contributed by atoms with Gasteiger partial charge < -0.3 is 24.3 Å². The van der Waals surface area contributed by atoms with Gasteiger partial charge in [0.25, 0.3) is 11.8 Å². The molecule has 0 aromatic heterocycles. The summed E-state index contributed by atoms with van der Waals surface area (Å²) in [6.07, 6.45) is 2.81. The van der Waals surface area contributed by atoms with Crippen LogP contribution in [-0.2, 0) is 16.0 Å². The Kier molecular flexibility index (Phi) is 8.14. The van der Waals surface area contributed by atoms with Crippen molar-refractivity contribution in [3.05, 3.63) is 58.1 Å². The van der Waals surface area contributed by atoms with Crippen LogP contribution in [0.25, 0.3) is 0 Å². The maximum atomic E-state index is 13.7. The van der Waals surface area contributed by atoms with Crippen LogP contribution < -0.4 is 9.64 Å². The molecule has 0 radical (unpaired) electrons. The number of piperazine rings is 1. The number of amides is 2. The summed E-state index contributed by atoms with van der Waals surface area (Å²) in [6, 6.07) is 11.6. The molecule has 3 aliphatic heterocycles. The van der Waals surface area contributed by atoms with Crippen molar-refractivity contribution in [2.24, 2.45) is 5.92 Å². The van der Waals surface area contributed by atoms with Crippen molar-refractivity contribution in [3.8, 4) is 5.75 Å². The van der Waals surface area contributed by atoms with E-state index < -0.39 is 17.6 Å². The Bertz CT molecular complexity index is 1230. The molecule has 39 heavy (non-hydrogen) atoms. The number of fused-ring (bicyclic) bond motifs is 1. The van der Waals surface area contributed by atoms with E-state index in [0.29, 0.717) is 50.0 Å². The highest BCUT2D eigenvalue weighted by Gasteiger charge is 2.39. The lowest BCUT2D eigenvalue weighted by molar-refractivity contribution is -0.146. The summed E-state index contributed by atoms with van der Waals surface area (Å²) in [5.41, 5.74) is 3.27. The number of nitrogens with zero attached hydrogens (tertiary/aromatic N) is 4. The molecule has 2 aromatic rings. The SMILES string of the molecule is COc1cc2c(cc1C(=O)N1CCC(Cc3ccc(Cl)cc3)CC1)C(C(=O)C(=O)N1CCN(C)CC1)CN2C. The second-order valence-corrected chi connectivity index (χ2v) is 11.5. The third-order valence-corrected chi connectivity index (χ3v) is 8.73. The highest BCUT2D eigenvalue weighted by Crippen LogP contribution is 2.41. The Hall–Kier alpha value is -3.10. The summed E-state index contributed by atoms with van der Waals surface area (Å²) in [7, 11) is 5.48. The molecule has 2 saturated heterocycles. The van der Waals surface area contributed by atoms with Gasteiger partial charge in [0.15, 0.2) is 0 Å². The maximum Gasteiger partial charge on any atom is 0.290 e. The molecule has 0 bridgehead atoms. The van der Waals surface area contributed by atoms with E-state index in [2.05, 4.69) is 17.0 Å². The highest BCUT2D eigenvalue weighted by atomic mass is 35.5. The molecule has 3 aliphatic rings. The molecular formula is C30H37ClN4O4. The largest absolute Gasteiger partial charge is 0.496 e. The van der Waals surface area contributed by atoms with Crippen molar-refractivity contribution < 1.29 is 19.1 Å². The lowest BCUT2D eigenvalue weighted by Crippen LogP contribution is -2.50. The molecule has 1 unspecified atom stereocenters. The van der Waals surface area contributed by atoms with Crippen LogP contribution >= 0.6 is 11.6 Å². The summed E-state index contributed by atoms with van der Waals surface area (Å²) in [5, 5.41) is 0.737. The molecule has 0 spiro atoms. The molecule has 3 heterocycles. The molecule has 1 atom stereocenters. The number of likely N-dealkylation sites (tertiary alicyclic amines) is 1. The van der Waals surface area contributed by atoms with Crippen LogP contribution in [0, 0.1) is 5.92 Å². The van der Waals surface area contributed by atoms with Gasteiger partial charge in [0.2, 0.25) is 5.78 Å². The minimum Gasteiger partial charge on any atom is -0.496 e. The number of ketones is 1. The number of hydrogen-bond donors (Lipinski definition) is 0. The number of benzene rings is 2. The fourth-order valence-electron chi connectivity index (χ4n) is 6.00. The average molecular weight is 553 g/mol. The number of anilines is 1. The quantitative estimate of drug-likeness (QED) is 0.512. The minimum atomic E-state index is -0.597. The van der Waals surface area contributed by atoms with Crippen LogP contribution in [0.4, 0.5) is 5.69 Å². The first-order valence-electron chi connectivity index (χ1n) is 13.7. The highest BCUT2D eigenvalue weighted by molar-refractivity contribution is 6.38. The van der Waals surface area contributed by atoms with Crippen LogP contribution in [0.2, 0.25) is 5.02 Å². The molecule has 0 aliphatic carbocycles. The van der Waals surface area contributed by atoms with Crippen LogP contribution in [0.15, 0.2) is 36.4 Å². The van der Waals surface area contributed by atoms with E-state index in [1.165, 1.54) is 5.56 Å². The van der Waals surface area contributed by atoms with E-state index in [9.17, 15) is 14.4 Å². The van der Waals surface area contributed by atoms with Gasteiger partial charge in [0.1, 0.15) is 5.75 Å². The Morgan fingerprint density at radius 3 is 2.23 bits per heavy atom. The first kappa shape index (κ1) is 27.5. The molecule has 2 aromatic carbocycles. The molecule has 0 N–H and O–H groups in total. The maximum absolute atomic E-state index is 13.7. The Morgan fingerprint density at radius 2 is 1.59 bits per heavy atom. The number of ether oxygens (including phenoxy) is 1. The number of carbonyl (C=O) groups is 3. The predicted molar refractivity (Wildman–Crippen MR) is 152 cm³/mol. The molecule has 5 rings (SSSR count). The smallest absolute Gasteiger partial charge is 0.290 e. The van der Waals surface area contributed by atoms with Gasteiger partial charge in [-0.1, -0.05) is 23.7 Å². The van der Waals surface area contributed by atoms with E-state index >= 15 is 0 Å². The summed E-state index contributed by atoms with van der Waals surface area (Å²) < 4.78 is 5.64. The van der Waals surface area contributed by atoms with E-state index in [0.717, 1.165) is 48.6 Å². The monoisotopic (exact) mass is 552 g/mol. The normalized spacial score (nSPS) is 20.2. The molecule has 208 valence electrons. The standard InChI is InChI=1S/C30H37ClN4O4/c1-32-12-14-35(15-13-32)30(38)28(36)25-19-33(2)26-18-27(39-3)24(17-23(25)26)29(37)34-10-8-21(9-11-34)16-20-4-6-22(31)7-5-20/h4-7,17-18,21,25H,8-16,19H2,1-3H3. The molecule has 9 heteroatoms. The second kappa shape index (κ2) is 11.6. The molecule has 2 fully saturated rings. The molecule has 8 nitrogen and oxygen atoms in total. The number of halogens is 1. The Labute approximate surface area is 235 Å².